The van der Waals surface area contributed by atoms with Crippen molar-refractivity contribution in [2.75, 3.05) is 6.79 Å². The number of hydrogen-bond acceptors (Lipinski definition) is 5. The molecule has 1 N–H and O–H groups in total. The van der Waals surface area contributed by atoms with Crippen molar-refractivity contribution in [3.8, 4) is 22.9 Å². The molecular formula is C9H5ClN2O4. The van der Waals surface area contributed by atoms with E-state index < -0.39 is 5.76 Å². The molecule has 0 saturated carbocycles. The number of aromatic amines is 1. The van der Waals surface area contributed by atoms with Crippen molar-refractivity contribution in [1.29, 1.82) is 0 Å². The van der Waals surface area contributed by atoms with E-state index in [4.69, 9.17) is 21.1 Å². The van der Waals surface area contributed by atoms with Gasteiger partial charge < -0.3 is 9.47 Å². The van der Waals surface area contributed by atoms with Gasteiger partial charge in [-0.2, -0.15) is 0 Å². The Morgan fingerprint density at radius 2 is 2.25 bits per heavy atom. The Bertz CT molecular complexity index is 604. The average molecular weight is 241 g/mol. The van der Waals surface area contributed by atoms with Gasteiger partial charge in [0.25, 0.3) is 0 Å². The van der Waals surface area contributed by atoms with Crippen molar-refractivity contribution < 1.29 is 14.0 Å². The molecule has 0 saturated heterocycles. The van der Waals surface area contributed by atoms with Gasteiger partial charge in [-0.1, -0.05) is 16.8 Å². The SMILES string of the molecule is O=c1[nH]c(-c2cc(Cl)c3c(c2)OCO3)no1. The first-order chi connectivity index (χ1) is 7.74. The predicted octanol–water partition coefficient (Wildman–Crippen LogP) is 1.41. The minimum absolute atomic E-state index is 0.133. The van der Waals surface area contributed by atoms with E-state index in [0.29, 0.717) is 27.9 Å². The van der Waals surface area contributed by atoms with Crippen LogP contribution in [0, 0.1) is 0 Å². The Morgan fingerprint density at radius 3 is 3.00 bits per heavy atom. The summed E-state index contributed by atoms with van der Waals surface area (Å²) in [5, 5.41) is 3.95. The number of hydrogen-bond donors (Lipinski definition) is 1. The molecule has 1 aliphatic heterocycles. The van der Waals surface area contributed by atoms with Gasteiger partial charge in [0.05, 0.1) is 5.02 Å². The van der Waals surface area contributed by atoms with E-state index in [0.717, 1.165) is 0 Å². The number of H-pyrrole nitrogens is 1. The van der Waals surface area contributed by atoms with Gasteiger partial charge in [-0.3, -0.25) is 9.51 Å². The highest BCUT2D eigenvalue weighted by atomic mass is 35.5. The van der Waals surface area contributed by atoms with Gasteiger partial charge in [-0.15, -0.1) is 0 Å². The van der Waals surface area contributed by atoms with Crippen LogP contribution in [0.1, 0.15) is 0 Å². The van der Waals surface area contributed by atoms with Gasteiger partial charge in [-0.25, -0.2) is 4.79 Å². The summed E-state index contributed by atoms with van der Waals surface area (Å²) in [6.07, 6.45) is 0. The Balaban J connectivity index is 2.16. The lowest BCUT2D eigenvalue weighted by Crippen LogP contribution is -1.94. The molecule has 0 atom stereocenters. The van der Waals surface area contributed by atoms with E-state index >= 15 is 0 Å². The zero-order valence-electron chi connectivity index (χ0n) is 7.82. The molecule has 0 amide bonds. The lowest BCUT2D eigenvalue weighted by molar-refractivity contribution is 0.174. The molecule has 1 aliphatic rings. The summed E-state index contributed by atoms with van der Waals surface area (Å²) in [5.41, 5.74) is 0.597. The second-order valence-electron chi connectivity index (χ2n) is 3.14. The molecule has 6 nitrogen and oxygen atoms in total. The van der Waals surface area contributed by atoms with Crippen LogP contribution in [-0.4, -0.2) is 16.9 Å². The summed E-state index contributed by atoms with van der Waals surface area (Å²) >= 11 is 5.98. The molecule has 82 valence electrons. The maximum absolute atomic E-state index is 10.8. The molecule has 2 aromatic rings. The number of ether oxygens (including phenoxy) is 2. The highest BCUT2D eigenvalue weighted by Crippen LogP contribution is 2.41. The van der Waals surface area contributed by atoms with Crippen LogP contribution in [0.5, 0.6) is 11.5 Å². The molecular weight excluding hydrogens is 236 g/mol. The molecule has 1 aromatic carbocycles. The smallest absolute Gasteiger partial charge is 0.439 e. The number of rotatable bonds is 1. The molecule has 3 rings (SSSR count). The van der Waals surface area contributed by atoms with Gasteiger partial charge in [0, 0.05) is 5.56 Å². The standard InChI is InChI=1S/C9H5ClN2O4/c10-5-1-4(8-11-9(13)16-12-8)2-6-7(5)15-3-14-6/h1-2H,3H2,(H,11,12,13). The average Bonchev–Trinajstić information content (AvgIpc) is 2.85. The second-order valence-corrected chi connectivity index (χ2v) is 3.54. The molecule has 16 heavy (non-hydrogen) atoms. The Labute approximate surface area is 93.7 Å². The predicted molar refractivity (Wildman–Crippen MR) is 53.7 cm³/mol. The Morgan fingerprint density at radius 1 is 1.38 bits per heavy atom. The van der Waals surface area contributed by atoms with Crippen LogP contribution in [0.3, 0.4) is 0 Å². The normalized spacial score (nSPS) is 13.1. The molecule has 0 radical (unpaired) electrons. The third-order valence-electron chi connectivity index (χ3n) is 2.14. The lowest BCUT2D eigenvalue weighted by Gasteiger charge is -2.01. The van der Waals surface area contributed by atoms with Crippen LogP contribution in [0.15, 0.2) is 21.5 Å². The van der Waals surface area contributed by atoms with E-state index in [9.17, 15) is 4.79 Å². The van der Waals surface area contributed by atoms with Gasteiger partial charge in [-0.05, 0) is 12.1 Å². The van der Waals surface area contributed by atoms with E-state index in [2.05, 4.69) is 14.7 Å². The molecule has 7 heteroatoms. The number of nitrogens with zero attached hydrogens (tertiary/aromatic N) is 1. The van der Waals surface area contributed by atoms with E-state index in [1.165, 1.54) is 0 Å². The summed E-state index contributed by atoms with van der Waals surface area (Å²) in [7, 11) is 0. The molecule has 0 bridgehead atoms. The van der Waals surface area contributed by atoms with Crippen LogP contribution < -0.4 is 15.2 Å². The fraction of sp³-hybridized carbons (Fsp3) is 0.111. The molecule has 2 heterocycles. The number of halogens is 1. The Hall–Kier alpha value is -1.95. The third-order valence-corrected chi connectivity index (χ3v) is 2.42. The van der Waals surface area contributed by atoms with Crippen LogP contribution in [0.2, 0.25) is 5.02 Å². The summed E-state index contributed by atoms with van der Waals surface area (Å²) in [4.78, 5) is 13.2. The Kier molecular flexibility index (Phi) is 1.90. The lowest BCUT2D eigenvalue weighted by atomic mass is 10.2. The van der Waals surface area contributed by atoms with Crippen molar-refractivity contribution in [2.45, 2.75) is 0 Å². The van der Waals surface area contributed by atoms with E-state index in [1.807, 2.05) is 0 Å². The highest BCUT2D eigenvalue weighted by Gasteiger charge is 2.19. The number of benzene rings is 1. The van der Waals surface area contributed by atoms with Crippen LogP contribution in [-0.2, 0) is 0 Å². The minimum atomic E-state index is -0.621. The third kappa shape index (κ3) is 1.35. The molecule has 0 spiro atoms. The first-order valence-corrected chi connectivity index (χ1v) is 4.77. The highest BCUT2D eigenvalue weighted by molar-refractivity contribution is 6.32. The summed E-state index contributed by atoms with van der Waals surface area (Å²) in [6, 6.07) is 3.28. The maximum Gasteiger partial charge on any atom is 0.439 e. The number of aromatic nitrogens is 2. The van der Waals surface area contributed by atoms with E-state index in [1.54, 1.807) is 12.1 Å². The van der Waals surface area contributed by atoms with Crippen molar-refractivity contribution in [2.24, 2.45) is 0 Å². The van der Waals surface area contributed by atoms with Gasteiger partial charge in [0.1, 0.15) is 0 Å². The minimum Gasteiger partial charge on any atom is -0.454 e. The number of fused-ring (bicyclic) bond motifs is 1. The quantitative estimate of drug-likeness (QED) is 0.816. The summed E-state index contributed by atoms with van der Waals surface area (Å²) < 4.78 is 14.7. The van der Waals surface area contributed by atoms with Crippen LogP contribution >= 0.6 is 11.6 Å². The second kappa shape index (κ2) is 3.28. The topological polar surface area (TPSA) is 77.4 Å². The van der Waals surface area contributed by atoms with Crippen molar-refractivity contribution >= 4 is 11.6 Å². The summed E-state index contributed by atoms with van der Waals surface area (Å²) in [5.74, 6) is 0.691. The van der Waals surface area contributed by atoms with Crippen LogP contribution in [0.25, 0.3) is 11.4 Å². The van der Waals surface area contributed by atoms with E-state index in [-0.39, 0.29) is 6.79 Å². The monoisotopic (exact) mass is 240 g/mol. The van der Waals surface area contributed by atoms with Crippen LogP contribution in [0.4, 0.5) is 0 Å². The first-order valence-electron chi connectivity index (χ1n) is 4.39. The number of nitrogens with one attached hydrogen (secondary N) is 1. The molecule has 0 unspecified atom stereocenters. The maximum atomic E-state index is 10.8. The molecule has 0 fully saturated rings. The van der Waals surface area contributed by atoms with Crippen molar-refractivity contribution in [1.82, 2.24) is 10.1 Å². The van der Waals surface area contributed by atoms with Crippen molar-refractivity contribution in [3.05, 3.63) is 27.7 Å². The fourth-order valence-corrected chi connectivity index (χ4v) is 1.72. The zero-order valence-corrected chi connectivity index (χ0v) is 8.58. The van der Waals surface area contributed by atoms with Gasteiger partial charge >= 0.3 is 5.76 Å². The van der Waals surface area contributed by atoms with Crippen molar-refractivity contribution in [3.63, 3.8) is 0 Å². The summed E-state index contributed by atoms with van der Waals surface area (Å²) in [6.45, 7) is 0.133. The zero-order chi connectivity index (χ0) is 11.1. The van der Waals surface area contributed by atoms with Gasteiger partial charge in [0.15, 0.2) is 17.3 Å². The van der Waals surface area contributed by atoms with Gasteiger partial charge in [0.2, 0.25) is 6.79 Å². The fourth-order valence-electron chi connectivity index (χ4n) is 1.46. The largest absolute Gasteiger partial charge is 0.454 e. The molecule has 1 aromatic heterocycles. The molecule has 0 aliphatic carbocycles. The first kappa shape index (κ1) is 9.29.